The van der Waals surface area contributed by atoms with Crippen LogP contribution in [-0.4, -0.2) is 107 Å². The molecule has 5 aliphatic rings. The lowest BCUT2D eigenvalue weighted by Crippen LogP contribution is -2.61. The van der Waals surface area contributed by atoms with E-state index in [4.69, 9.17) is 18.9 Å². The molecule has 0 aromatic rings. The molecule has 1 aliphatic carbocycles. The number of aliphatic hydroxyl groups is 2. The Kier molecular flexibility index (Phi) is 17.5. The van der Waals surface area contributed by atoms with Crippen LogP contribution < -0.4 is 0 Å². The maximum atomic E-state index is 14.2. The number of carbonyl (C=O) groups excluding carboxylic acids is 5. The molecular formula is C49H73NO11. The minimum absolute atomic E-state index is 0.0475. The predicted molar refractivity (Wildman–Crippen MR) is 231 cm³/mol. The topological polar surface area (TPSA) is 166 Å². The summed E-state index contributed by atoms with van der Waals surface area (Å²) in [6.07, 6.45) is 16.0. The molecule has 1 amide bonds. The van der Waals surface area contributed by atoms with Crippen molar-refractivity contribution in [3.8, 4) is 0 Å². The number of aliphatic hydroxyl groups excluding tert-OH is 1. The molecule has 4 heterocycles. The molecule has 3 saturated heterocycles. The van der Waals surface area contributed by atoms with Gasteiger partial charge in [-0.3, -0.25) is 19.2 Å². The molecule has 2 N–H and O–H groups in total. The Hall–Kier alpha value is -3.29. The Labute approximate surface area is 363 Å². The number of piperidine rings is 1. The van der Waals surface area contributed by atoms with Crippen LogP contribution >= 0.6 is 0 Å². The van der Waals surface area contributed by atoms with Crippen molar-refractivity contribution in [2.45, 2.75) is 167 Å². The summed E-state index contributed by atoms with van der Waals surface area (Å²) in [4.78, 5) is 71.1. The Morgan fingerprint density at radius 3 is 2.31 bits per heavy atom. The van der Waals surface area contributed by atoms with Crippen molar-refractivity contribution in [2.24, 2.45) is 41.4 Å². The highest BCUT2D eigenvalue weighted by Gasteiger charge is 2.55. The molecule has 340 valence electrons. The first kappa shape index (κ1) is 48.7. The van der Waals surface area contributed by atoms with E-state index in [-0.39, 0.29) is 73.3 Å². The van der Waals surface area contributed by atoms with Gasteiger partial charge in [-0.25, -0.2) is 4.79 Å². The first-order valence-electron chi connectivity index (χ1n) is 22.9. The second kappa shape index (κ2) is 21.9. The number of methoxy groups -OCH3 is 2. The summed E-state index contributed by atoms with van der Waals surface area (Å²) in [7, 11) is 3.32. The lowest BCUT2D eigenvalue weighted by atomic mass is 9.71. The van der Waals surface area contributed by atoms with Gasteiger partial charge in [-0.2, -0.15) is 0 Å². The average molecular weight is 852 g/mol. The number of rotatable bonds is 4. The van der Waals surface area contributed by atoms with Crippen molar-refractivity contribution in [3.05, 3.63) is 47.6 Å². The highest BCUT2D eigenvalue weighted by molar-refractivity contribution is 6.39. The number of Topliss-reactive ketones (excluding diaryl/α,β-unsaturated/α-hetero) is 3. The van der Waals surface area contributed by atoms with E-state index in [1.54, 1.807) is 41.1 Å². The van der Waals surface area contributed by atoms with Gasteiger partial charge in [0.1, 0.15) is 23.7 Å². The van der Waals surface area contributed by atoms with Gasteiger partial charge in [-0.05, 0) is 100 Å². The molecule has 5 bridgehead atoms. The highest BCUT2D eigenvalue weighted by Crippen LogP contribution is 2.44. The third kappa shape index (κ3) is 12.3. The molecule has 14 atom stereocenters. The SMILES string of the molecule is CO[C@H]1CCC[C@@H](CC2[C@H]3CCN4C(=O)C(=O)[C@]5(O)O[C@@H](CC[C@H]5C)C[C@H](OC)/C(C)=C/C=C/C=C/[C@@H](C)C[C@@H](C)C(=O)C[C@H](O)/C(C)=C/[C@@H](C)C(=O)C[C@@H]2OC(=O)[C@@H]4C3)C1. The number of ketones is 3. The van der Waals surface area contributed by atoms with E-state index in [0.29, 0.717) is 43.6 Å². The third-order valence-electron chi connectivity index (χ3n) is 14.6. The van der Waals surface area contributed by atoms with E-state index in [1.807, 2.05) is 51.2 Å². The molecule has 1 unspecified atom stereocenters. The second-order valence-electron chi connectivity index (χ2n) is 19.1. The summed E-state index contributed by atoms with van der Waals surface area (Å²) in [5, 5.41) is 23.0. The Bertz CT molecular complexity index is 1700. The maximum absolute atomic E-state index is 14.2. The van der Waals surface area contributed by atoms with E-state index in [0.717, 1.165) is 37.7 Å². The minimum Gasteiger partial charge on any atom is -0.460 e. The molecule has 4 aliphatic heterocycles. The molecule has 12 heteroatoms. The van der Waals surface area contributed by atoms with Crippen molar-refractivity contribution in [2.75, 3.05) is 20.8 Å². The Morgan fingerprint density at radius 1 is 0.836 bits per heavy atom. The van der Waals surface area contributed by atoms with Crippen LogP contribution in [0.1, 0.15) is 125 Å². The largest absolute Gasteiger partial charge is 0.460 e. The normalized spacial score (nSPS) is 42.2. The smallest absolute Gasteiger partial charge is 0.329 e. The number of hydrogen-bond donors (Lipinski definition) is 2. The zero-order chi connectivity index (χ0) is 44.6. The lowest BCUT2D eigenvalue weighted by molar-refractivity contribution is -0.265. The van der Waals surface area contributed by atoms with E-state index in [9.17, 15) is 34.2 Å². The van der Waals surface area contributed by atoms with Gasteiger partial charge in [0.15, 0.2) is 0 Å². The van der Waals surface area contributed by atoms with Gasteiger partial charge in [0, 0.05) is 57.8 Å². The van der Waals surface area contributed by atoms with Crippen LogP contribution in [0.5, 0.6) is 0 Å². The summed E-state index contributed by atoms with van der Waals surface area (Å²) >= 11 is 0. The van der Waals surface area contributed by atoms with Crippen molar-refractivity contribution in [1.29, 1.82) is 0 Å². The van der Waals surface area contributed by atoms with Gasteiger partial charge < -0.3 is 34.1 Å². The molecule has 12 nitrogen and oxygen atoms in total. The molecule has 61 heavy (non-hydrogen) atoms. The van der Waals surface area contributed by atoms with E-state index in [1.165, 1.54) is 4.90 Å². The second-order valence-corrected chi connectivity index (χ2v) is 19.1. The van der Waals surface area contributed by atoms with Crippen LogP contribution in [0.4, 0.5) is 0 Å². The van der Waals surface area contributed by atoms with Gasteiger partial charge in [-0.1, -0.05) is 77.0 Å². The molecule has 0 aromatic carbocycles. The quantitative estimate of drug-likeness (QED) is 0.174. The summed E-state index contributed by atoms with van der Waals surface area (Å²) < 4.78 is 24.0. The molecule has 0 spiro atoms. The van der Waals surface area contributed by atoms with Crippen LogP contribution in [0.3, 0.4) is 0 Å². The summed E-state index contributed by atoms with van der Waals surface area (Å²) in [6, 6.07) is -1.06. The van der Waals surface area contributed by atoms with Crippen molar-refractivity contribution < 1.29 is 53.1 Å². The lowest BCUT2D eigenvalue weighted by Gasteiger charge is -2.43. The minimum atomic E-state index is -2.39. The molecular weight excluding hydrogens is 779 g/mol. The fourth-order valence-electron chi connectivity index (χ4n) is 10.5. The number of hydrogen-bond acceptors (Lipinski definition) is 11. The van der Waals surface area contributed by atoms with Gasteiger partial charge in [-0.15, -0.1) is 0 Å². The number of carbonyl (C=O) groups is 5. The molecule has 5 rings (SSSR count). The summed E-state index contributed by atoms with van der Waals surface area (Å²) in [6.45, 7) is 11.2. The summed E-state index contributed by atoms with van der Waals surface area (Å²) in [5.74, 6) is -6.75. The number of allylic oxidation sites excluding steroid dienone is 6. The van der Waals surface area contributed by atoms with Crippen LogP contribution in [0.15, 0.2) is 47.6 Å². The monoisotopic (exact) mass is 852 g/mol. The van der Waals surface area contributed by atoms with E-state index >= 15 is 0 Å². The van der Waals surface area contributed by atoms with Crippen molar-refractivity contribution >= 4 is 29.2 Å². The Morgan fingerprint density at radius 2 is 1.59 bits per heavy atom. The first-order valence-corrected chi connectivity index (χ1v) is 22.9. The van der Waals surface area contributed by atoms with Gasteiger partial charge >= 0.3 is 5.97 Å². The van der Waals surface area contributed by atoms with Crippen LogP contribution in [0.2, 0.25) is 0 Å². The summed E-state index contributed by atoms with van der Waals surface area (Å²) in [5.41, 5.74) is 1.44. The van der Waals surface area contributed by atoms with E-state index in [2.05, 4.69) is 0 Å². The van der Waals surface area contributed by atoms with Gasteiger partial charge in [0.25, 0.3) is 11.7 Å². The highest BCUT2D eigenvalue weighted by atomic mass is 16.6. The fourth-order valence-corrected chi connectivity index (χ4v) is 10.5. The Balaban J connectivity index is 1.46. The first-order chi connectivity index (χ1) is 28.9. The molecule has 0 radical (unpaired) electrons. The van der Waals surface area contributed by atoms with E-state index < -0.39 is 59.6 Å². The van der Waals surface area contributed by atoms with Crippen LogP contribution in [-0.2, 0) is 42.9 Å². The third-order valence-corrected chi connectivity index (χ3v) is 14.6. The maximum Gasteiger partial charge on any atom is 0.329 e. The van der Waals surface area contributed by atoms with Crippen molar-refractivity contribution in [3.63, 3.8) is 0 Å². The van der Waals surface area contributed by atoms with Gasteiger partial charge in [0.05, 0.1) is 24.4 Å². The average Bonchev–Trinajstić information content (AvgIpc) is 3.32. The van der Waals surface area contributed by atoms with Gasteiger partial charge in [0.2, 0.25) is 5.79 Å². The standard InChI is InChI=1S/C49H73NO11/c1-29-13-10-9-11-14-30(2)44(59-8)26-38-18-17-34(6)49(57,61-38)46(54)47(55)50-20-19-36-25-40(50)48(56)60-45(39(36)24-35-15-12-16-37(23-35)58-7)28-43(53)33(5)22-32(4)42(52)27-41(51)31(3)21-29/h9-11,13-14,22,29,31,33-40,42,44-45,52,57H,12,15-21,23-28H2,1-8H3/b11-9+,13-10+,30-14+,32-22+/t29-,31-,33-,34-,35-,36+,37+,38+,39?,40+,42+,44+,45+,49-/m1/s1. The molecule has 1 saturated carbocycles. The van der Waals surface area contributed by atoms with Crippen LogP contribution in [0.25, 0.3) is 0 Å². The zero-order valence-electron chi connectivity index (χ0n) is 37.9. The molecule has 4 fully saturated rings. The zero-order valence-corrected chi connectivity index (χ0v) is 37.9. The fraction of sp³-hybridized carbons (Fsp3) is 0.735. The van der Waals surface area contributed by atoms with Crippen molar-refractivity contribution in [1.82, 2.24) is 4.90 Å². The number of esters is 1. The predicted octanol–water partition coefficient (Wildman–Crippen LogP) is 6.80. The number of ether oxygens (including phenoxy) is 4. The number of amides is 1. The number of nitrogens with zero attached hydrogens (tertiary/aromatic N) is 1. The molecule has 0 aromatic heterocycles. The van der Waals surface area contributed by atoms with Crippen LogP contribution in [0, 0.1) is 41.4 Å². The number of fused-ring (bicyclic) bond motifs is 5.